The summed E-state index contributed by atoms with van der Waals surface area (Å²) < 4.78 is 11.3. The Hall–Kier alpha value is -2.81. The highest BCUT2D eigenvalue weighted by Gasteiger charge is 2.25. The molecule has 1 saturated carbocycles. The molecule has 0 atom stereocenters. The zero-order chi connectivity index (χ0) is 23.9. The lowest BCUT2D eigenvalue weighted by Crippen LogP contribution is -2.49. The number of carbonyl (C=O) groups excluding carboxylic acids is 2. The van der Waals surface area contributed by atoms with Crippen molar-refractivity contribution in [3.8, 4) is 5.75 Å². The van der Waals surface area contributed by atoms with E-state index in [0.29, 0.717) is 64.3 Å². The number of carbonyl (C=O) groups is 2. The maximum Gasteiger partial charge on any atom is 0.242 e. The molecule has 0 bridgehead atoms. The van der Waals surface area contributed by atoms with Crippen molar-refractivity contribution >= 4 is 23.5 Å². The third-order valence-corrected chi connectivity index (χ3v) is 6.98. The Morgan fingerprint density at radius 2 is 1.97 bits per heavy atom. The Morgan fingerprint density at radius 3 is 2.74 bits per heavy atom. The van der Waals surface area contributed by atoms with Crippen LogP contribution >= 0.6 is 0 Å². The molecule has 186 valence electrons. The average molecular weight is 472 g/mol. The normalized spacial score (nSPS) is 18.8. The quantitative estimate of drug-likeness (QED) is 0.584. The van der Waals surface area contributed by atoms with E-state index < -0.39 is 0 Å². The molecule has 4 rings (SSSR count). The van der Waals surface area contributed by atoms with E-state index in [0.717, 1.165) is 29.8 Å². The van der Waals surface area contributed by atoms with E-state index in [1.807, 2.05) is 30.1 Å². The molecule has 34 heavy (non-hydrogen) atoms. The molecule has 0 radical (unpaired) electrons. The minimum atomic E-state index is 0.0279. The highest BCUT2D eigenvalue weighted by atomic mass is 16.5. The van der Waals surface area contributed by atoms with Gasteiger partial charge in [-0.05, 0) is 37.5 Å². The predicted octanol–water partition coefficient (Wildman–Crippen LogP) is 2.26. The largest absolute Gasteiger partial charge is 0.494 e. The maximum absolute atomic E-state index is 12.6. The van der Waals surface area contributed by atoms with Gasteiger partial charge in [0, 0.05) is 44.7 Å². The Bertz CT molecular complexity index is 893. The molecule has 1 aliphatic carbocycles. The molecule has 9 heteroatoms. The van der Waals surface area contributed by atoms with Gasteiger partial charge in [-0.2, -0.15) is 0 Å². The molecule has 0 unspecified atom stereocenters. The van der Waals surface area contributed by atoms with Gasteiger partial charge < -0.3 is 29.9 Å². The number of morpholine rings is 1. The van der Waals surface area contributed by atoms with Gasteiger partial charge in [-0.15, -0.1) is 0 Å². The van der Waals surface area contributed by atoms with Crippen molar-refractivity contribution in [2.24, 2.45) is 10.7 Å². The lowest BCUT2D eigenvalue weighted by atomic mass is 9.94. The molecule has 1 aromatic carbocycles. The van der Waals surface area contributed by atoms with Gasteiger partial charge >= 0.3 is 0 Å². The number of amides is 2. The Labute approximate surface area is 201 Å². The molecule has 9 nitrogen and oxygen atoms in total. The van der Waals surface area contributed by atoms with Gasteiger partial charge in [0.05, 0.1) is 25.5 Å². The van der Waals surface area contributed by atoms with Crippen molar-refractivity contribution in [3.63, 3.8) is 0 Å². The number of aliphatic imine (C=N–C) groups is 1. The van der Waals surface area contributed by atoms with Gasteiger partial charge in [0.1, 0.15) is 12.3 Å². The first kappa shape index (κ1) is 24.3. The van der Waals surface area contributed by atoms with Crippen LogP contribution in [-0.2, 0) is 20.9 Å². The minimum Gasteiger partial charge on any atom is -0.494 e. The van der Waals surface area contributed by atoms with Gasteiger partial charge in [-0.1, -0.05) is 19.3 Å². The molecule has 3 aliphatic rings. The first-order valence-corrected chi connectivity index (χ1v) is 12.5. The fraction of sp³-hybridized carbons (Fsp3) is 0.640. The van der Waals surface area contributed by atoms with Crippen molar-refractivity contribution in [2.75, 3.05) is 46.5 Å². The van der Waals surface area contributed by atoms with Crippen molar-refractivity contribution in [1.29, 1.82) is 0 Å². The molecule has 1 aromatic rings. The number of rotatable bonds is 8. The lowest BCUT2D eigenvalue weighted by Gasteiger charge is -2.32. The zero-order valence-corrected chi connectivity index (χ0v) is 20.2. The van der Waals surface area contributed by atoms with Crippen molar-refractivity contribution < 1.29 is 19.1 Å². The number of ether oxygens (including phenoxy) is 2. The van der Waals surface area contributed by atoms with Crippen molar-refractivity contribution in [3.05, 3.63) is 23.8 Å². The molecular weight excluding hydrogens is 434 g/mol. The Kier molecular flexibility index (Phi) is 8.26. The molecule has 0 spiro atoms. The van der Waals surface area contributed by atoms with Crippen LogP contribution in [0.1, 0.15) is 50.5 Å². The summed E-state index contributed by atoms with van der Waals surface area (Å²) in [7, 11) is 1.93. The summed E-state index contributed by atoms with van der Waals surface area (Å²) >= 11 is 0. The molecule has 2 N–H and O–H groups in total. The highest BCUT2D eigenvalue weighted by molar-refractivity contribution is 5.88. The Balaban J connectivity index is 1.25. The van der Waals surface area contributed by atoms with Gasteiger partial charge in [0.25, 0.3) is 0 Å². The number of guanidine groups is 1. The van der Waals surface area contributed by atoms with Gasteiger partial charge in [-0.25, -0.2) is 4.99 Å². The molecule has 2 aliphatic heterocycles. The van der Waals surface area contributed by atoms with Crippen molar-refractivity contribution in [1.82, 2.24) is 14.7 Å². The summed E-state index contributed by atoms with van der Waals surface area (Å²) in [6.45, 7) is 3.53. The molecule has 0 aromatic heterocycles. The molecule has 2 fully saturated rings. The number of hydrogen-bond acceptors (Lipinski definition) is 7. The van der Waals surface area contributed by atoms with Crippen LogP contribution in [0.3, 0.4) is 0 Å². The average Bonchev–Trinajstić information content (AvgIpc) is 2.87. The lowest BCUT2D eigenvalue weighted by molar-refractivity contribution is -0.135. The van der Waals surface area contributed by atoms with Crippen LogP contribution in [-0.4, -0.2) is 85.0 Å². The van der Waals surface area contributed by atoms with E-state index >= 15 is 0 Å². The van der Waals surface area contributed by atoms with Crippen LogP contribution in [0.2, 0.25) is 0 Å². The molecular formula is C25H37N5O4. The number of nitrogens with zero attached hydrogens (tertiary/aromatic N) is 4. The monoisotopic (exact) mass is 471 g/mol. The van der Waals surface area contributed by atoms with Gasteiger partial charge in [0.15, 0.2) is 5.96 Å². The number of fused-ring (bicyclic) bond motifs is 1. The molecule has 1 saturated heterocycles. The van der Waals surface area contributed by atoms with Crippen LogP contribution in [0.4, 0.5) is 5.69 Å². The van der Waals surface area contributed by atoms with Crippen molar-refractivity contribution in [2.45, 2.75) is 57.5 Å². The smallest absolute Gasteiger partial charge is 0.242 e. The van der Waals surface area contributed by atoms with Crippen LogP contribution in [0, 0.1) is 0 Å². The maximum atomic E-state index is 12.6. The van der Waals surface area contributed by atoms with E-state index in [2.05, 4.69) is 4.99 Å². The summed E-state index contributed by atoms with van der Waals surface area (Å²) in [5.41, 5.74) is 7.89. The first-order chi connectivity index (χ1) is 16.5. The second-order valence-electron chi connectivity index (χ2n) is 9.36. The van der Waals surface area contributed by atoms with Crippen LogP contribution in [0.5, 0.6) is 5.75 Å². The second kappa shape index (κ2) is 11.6. The Morgan fingerprint density at radius 1 is 1.21 bits per heavy atom. The van der Waals surface area contributed by atoms with Crippen LogP contribution in [0.15, 0.2) is 23.2 Å². The summed E-state index contributed by atoms with van der Waals surface area (Å²) in [6.07, 6.45) is 7.14. The topological polar surface area (TPSA) is 101 Å². The SMILES string of the molecule is CN(C(=O)CCCOc1ccc2c(c1)CN(CC(=O)N1CCOCC1)C(N)=N2)C1CCCCC1. The molecule has 2 amide bonds. The summed E-state index contributed by atoms with van der Waals surface area (Å²) in [5.74, 6) is 1.32. The van der Waals surface area contributed by atoms with E-state index in [4.69, 9.17) is 15.2 Å². The summed E-state index contributed by atoms with van der Waals surface area (Å²) in [5, 5.41) is 0. The predicted molar refractivity (Wildman–Crippen MR) is 130 cm³/mol. The second-order valence-corrected chi connectivity index (χ2v) is 9.36. The zero-order valence-electron chi connectivity index (χ0n) is 20.2. The van der Waals surface area contributed by atoms with Crippen LogP contribution in [0.25, 0.3) is 0 Å². The summed E-state index contributed by atoms with van der Waals surface area (Å²) in [6, 6.07) is 6.11. The number of hydrogen-bond donors (Lipinski definition) is 1. The van der Waals surface area contributed by atoms with E-state index in [1.165, 1.54) is 19.3 Å². The fourth-order valence-corrected chi connectivity index (χ4v) is 4.84. The third-order valence-electron chi connectivity index (χ3n) is 6.98. The standard InChI is InChI=1S/C25H37N5O4/c1-28(20-6-3-2-4-7-20)23(31)8-5-13-34-21-9-10-22-19(16-21)17-30(25(26)27-22)18-24(32)29-11-14-33-15-12-29/h9-10,16,20H,2-8,11-15,17-18H2,1H3,(H2,26,27). The van der Waals surface area contributed by atoms with Gasteiger partial charge in [-0.3, -0.25) is 9.59 Å². The minimum absolute atomic E-state index is 0.0279. The number of benzene rings is 1. The van der Waals surface area contributed by atoms with Gasteiger partial charge in [0.2, 0.25) is 11.8 Å². The van der Waals surface area contributed by atoms with E-state index in [-0.39, 0.29) is 18.4 Å². The summed E-state index contributed by atoms with van der Waals surface area (Å²) in [4.78, 5) is 35.2. The van der Waals surface area contributed by atoms with E-state index in [9.17, 15) is 9.59 Å². The van der Waals surface area contributed by atoms with Crippen LogP contribution < -0.4 is 10.5 Å². The van der Waals surface area contributed by atoms with E-state index in [1.54, 1.807) is 9.80 Å². The highest BCUT2D eigenvalue weighted by Crippen LogP contribution is 2.29. The first-order valence-electron chi connectivity index (χ1n) is 12.5. The molecule has 2 heterocycles. The fourth-order valence-electron chi connectivity index (χ4n) is 4.84. The third kappa shape index (κ3) is 6.20. The number of nitrogens with two attached hydrogens (primary N) is 1.